The molecule has 2 rings (SSSR count). The first-order chi connectivity index (χ1) is 14.5. The normalized spacial score (nSPS) is 11.0. The third-order valence-corrected chi connectivity index (χ3v) is 4.15. The Bertz CT molecular complexity index is 829. The molecule has 0 saturated heterocycles. The van der Waals surface area contributed by atoms with Gasteiger partial charge in [-0.1, -0.05) is 18.2 Å². The van der Waals surface area contributed by atoms with Crippen molar-refractivity contribution in [2.24, 2.45) is 4.99 Å². The van der Waals surface area contributed by atoms with Gasteiger partial charge in [0.15, 0.2) is 0 Å². The number of hydrogen-bond donors (Lipinski definition) is 1. The molecule has 1 amide bonds. The summed E-state index contributed by atoms with van der Waals surface area (Å²) in [5, 5.41) is 3.84. The Labute approximate surface area is 178 Å². The Balaban J connectivity index is 0.000000712. The highest BCUT2D eigenvalue weighted by atomic mass is 32.1. The van der Waals surface area contributed by atoms with E-state index in [1.807, 2.05) is 6.92 Å². The van der Waals surface area contributed by atoms with Crippen LogP contribution in [0.4, 0.5) is 19.0 Å². The number of aromatic nitrogens is 2. The number of amides is 1. The van der Waals surface area contributed by atoms with Crippen molar-refractivity contribution in [2.75, 3.05) is 33.2 Å². The quantitative estimate of drug-likeness (QED) is 0.378. The number of carbonyl (C=O) groups excluding carboxylic acids is 1. The van der Waals surface area contributed by atoms with Crippen LogP contribution in [0.5, 0.6) is 0 Å². The predicted molar refractivity (Wildman–Crippen MR) is 116 cm³/mol. The van der Waals surface area contributed by atoms with Gasteiger partial charge in [-0.05, 0) is 19.9 Å². The van der Waals surface area contributed by atoms with Gasteiger partial charge in [-0.25, -0.2) is 9.97 Å². The highest BCUT2D eigenvalue weighted by molar-refractivity contribution is 7.20. The summed E-state index contributed by atoms with van der Waals surface area (Å²) in [4.78, 5) is 27.4. The van der Waals surface area contributed by atoms with E-state index in [0.717, 1.165) is 10.2 Å². The standard InChI is InChI=1S/C13H15N5OS.C5H8F2O.CH3F/c1-4-5-18(8-14-2)13(19)10-6-9-11(15-3)16-7-17-12(9)20-10;1-2-3-4-8-5(6)7;1-2/h4-8H,1-3H3,(H,15,16,17);2-3,5H,4H2,1H3;1H3/b5-4+,14-8?;3-2-;. The van der Waals surface area contributed by atoms with Crippen LogP contribution in [0.25, 0.3) is 10.2 Å². The summed E-state index contributed by atoms with van der Waals surface area (Å²) in [7, 11) is 3.91. The lowest BCUT2D eigenvalue weighted by atomic mass is 10.3. The number of anilines is 1. The number of thiophene rings is 1. The SMILES string of the molecule is C/C=C/N(C=NC)C(=O)c1cc2c(NC)ncnc2s1.C/C=C\COC(F)F.CF. The molecule has 0 saturated carbocycles. The number of aliphatic imine (C=N–C) groups is 1. The van der Waals surface area contributed by atoms with Crippen LogP contribution in [0.15, 0.2) is 41.8 Å². The number of rotatable bonds is 7. The van der Waals surface area contributed by atoms with Crippen LogP contribution >= 0.6 is 11.3 Å². The van der Waals surface area contributed by atoms with Crippen molar-refractivity contribution in [1.29, 1.82) is 0 Å². The number of nitrogens with zero attached hydrogens (tertiary/aromatic N) is 4. The first kappa shape index (κ1) is 27.2. The summed E-state index contributed by atoms with van der Waals surface area (Å²) in [6.07, 6.45) is 9.60. The molecule has 7 nitrogen and oxygen atoms in total. The van der Waals surface area contributed by atoms with Gasteiger partial charge in [-0.3, -0.25) is 19.1 Å². The fraction of sp³-hybridized carbons (Fsp3) is 0.368. The number of hydrogen-bond acceptors (Lipinski definition) is 7. The molecule has 0 aliphatic rings. The van der Waals surface area contributed by atoms with Gasteiger partial charge in [0.2, 0.25) is 0 Å². The van der Waals surface area contributed by atoms with Crippen molar-refractivity contribution in [1.82, 2.24) is 14.9 Å². The summed E-state index contributed by atoms with van der Waals surface area (Å²) < 4.78 is 35.6. The van der Waals surface area contributed by atoms with E-state index < -0.39 is 6.61 Å². The molecule has 0 fully saturated rings. The molecule has 11 heteroatoms. The van der Waals surface area contributed by atoms with E-state index in [0.29, 0.717) is 17.9 Å². The van der Waals surface area contributed by atoms with E-state index in [1.54, 1.807) is 45.4 Å². The average Bonchev–Trinajstić information content (AvgIpc) is 3.19. The van der Waals surface area contributed by atoms with Gasteiger partial charge in [0, 0.05) is 20.3 Å². The molecule has 166 valence electrons. The molecule has 0 aliphatic heterocycles. The summed E-state index contributed by atoms with van der Waals surface area (Å²) in [6, 6.07) is 1.80. The van der Waals surface area contributed by atoms with Crippen LogP contribution in [0.3, 0.4) is 0 Å². The Kier molecular flexibility index (Phi) is 14.6. The van der Waals surface area contributed by atoms with Crippen LogP contribution in [-0.4, -0.2) is 61.6 Å². The number of carbonyl (C=O) groups is 1. The van der Waals surface area contributed by atoms with Crippen LogP contribution in [0.2, 0.25) is 0 Å². The van der Waals surface area contributed by atoms with Gasteiger partial charge < -0.3 is 10.1 Å². The van der Waals surface area contributed by atoms with Crippen molar-refractivity contribution in [3.05, 3.63) is 41.7 Å². The molecule has 0 unspecified atom stereocenters. The fourth-order valence-corrected chi connectivity index (χ4v) is 2.90. The molecule has 2 aromatic rings. The second-order valence-electron chi connectivity index (χ2n) is 5.03. The number of ether oxygens (including phenoxy) is 1. The van der Waals surface area contributed by atoms with Gasteiger partial charge in [-0.2, -0.15) is 8.78 Å². The maximum atomic E-state index is 12.4. The second kappa shape index (κ2) is 16.1. The lowest BCUT2D eigenvalue weighted by Gasteiger charge is -2.10. The highest BCUT2D eigenvalue weighted by Gasteiger charge is 2.17. The van der Waals surface area contributed by atoms with Crippen molar-refractivity contribution < 1.29 is 22.7 Å². The van der Waals surface area contributed by atoms with Crippen molar-refractivity contribution >= 4 is 39.6 Å². The second-order valence-corrected chi connectivity index (χ2v) is 6.06. The lowest BCUT2D eigenvalue weighted by molar-refractivity contribution is -0.119. The minimum absolute atomic E-state index is 0.00579. The molecule has 2 aromatic heterocycles. The van der Waals surface area contributed by atoms with Gasteiger partial charge in [0.25, 0.3) is 5.91 Å². The molecule has 0 atom stereocenters. The smallest absolute Gasteiger partial charge is 0.345 e. The Morgan fingerprint density at radius 3 is 2.57 bits per heavy atom. The molecular weight excluding hydrogens is 419 g/mol. The minimum atomic E-state index is -2.65. The van der Waals surface area contributed by atoms with Crippen LogP contribution in [0.1, 0.15) is 23.5 Å². The number of nitrogens with one attached hydrogen (secondary N) is 1. The third kappa shape index (κ3) is 9.14. The first-order valence-corrected chi connectivity index (χ1v) is 9.48. The number of allylic oxidation sites excluding steroid dienone is 2. The van der Waals surface area contributed by atoms with Crippen LogP contribution in [0, 0.1) is 0 Å². The molecule has 2 heterocycles. The average molecular weight is 446 g/mol. The largest absolute Gasteiger partial charge is 0.373 e. The maximum absolute atomic E-state index is 12.4. The molecule has 0 radical (unpaired) electrons. The molecule has 0 bridgehead atoms. The van der Waals surface area contributed by atoms with Crippen LogP contribution < -0.4 is 5.32 Å². The first-order valence-electron chi connectivity index (χ1n) is 8.67. The summed E-state index contributed by atoms with van der Waals surface area (Å²) in [5.41, 5.74) is 0. The summed E-state index contributed by atoms with van der Waals surface area (Å²) in [6.45, 7) is 0.939. The van der Waals surface area contributed by atoms with E-state index in [2.05, 4.69) is 25.0 Å². The molecule has 0 aromatic carbocycles. The van der Waals surface area contributed by atoms with Crippen molar-refractivity contribution in [2.45, 2.75) is 20.5 Å². The fourth-order valence-electron chi connectivity index (χ4n) is 1.96. The molecule has 1 N–H and O–H groups in total. The molecule has 0 spiro atoms. The number of halogens is 3. The summed E-state index contributed by atoms with van der Waals surface area (Å²) >= 11 is 1.34. The third-order valence-electron chi connectivity index (χ3n) is 3.12. The molecule has 30 heavy (non-hydrogen) atoms. The zero-order chi connectivity index (χ0) is 22.9. The van der Waals surface area contributed by atoms with E-state index in [1.165, 1.54) is 35.0 Å². The maximum Gasteiger partial charge on any atom is 0.345 e. The van der Waals surface area contributed by atoms with E-state index in [9.17, 15) is 18.0 Å². The Morgan fingerprint density at radius 2 is 2.03 bits per heavy atom. The van der Waals surface area contributed by atoms with Gasteiger partial charge in [-0.15, -0.1) is 11.3 Å². The van der Waals surface area contributed by atoms with Crippen molar-refractivity contribution in [3.8, 4) is 0 Å². The van der Waals surface area contributed by atoms with Crippen molar-refractivity contribution in [3.63, 3.8) is 0 Å². The highest BCUT2D eigenvalue weighted by Crippen LogP contribution is 2.28. The van der Waals surface area contributed by atoms with E-state index in [-0.39, 0.29) is 12.5 Å². The summed E-state index contributed by atoms with van der Waals surface area (Å²) in [5.74, 6) is 0.575. The van der Waals surface area contributed by atoms with E-state index in [4.69, 9.17) is 0 Å². The van der Waals surface area contributed by atoms with Crippen LogP contribution in [-0.2, 0) is 4.74 Å². The number of alkyl halides is 3. The number of fused-ring (bicyclic) bond motifs is 1. The van der Waals surface area contributed by atoms with Gasteiger partial charge in [0.05, 0.1) is 30.4 Å². The van der Waals surface area contributed by atoms with Gasteiger partial charge >= 0.3 is 6.61 Å². The zero-order valence-corrected chi connectivity index (χ0v) is 18.3. The Hall–Kier alpha value is -2.79. The minimum Gasteiger partial charge on any atom is -0.373 e. The van der Waals surface area contributed by atoms with Gasteiger partial charge in [0.1, 0.15) is 17.0 Å². The topological polar surface area (TPSA) is 79.7 Å². The molecular formula is C19H26F3N5O2S. The lowest BCUT2D eigenvalue weighted by Crippen LogP contribution is -2.23. The van der Waals surface area contributed by atoms with E-state index >= 15 is 0 Å². The predicted octanol–water partition coefficient (Wildman–Crippen LogP) is 4.75. The zero-order valence-electron chi connectivity index (χ0n) is 17.5. The molecule has 0 aliphatic carbocycles. The Morgan fingerprint density at radius 1 is 1.33 bits per heavy atom. The monoisotopic (exact) mass is 445 g/mol.